The molecule has 0 unspecified atom stereocenters. The summed E-state index contributed by atoms with van der Waals surface area (Å²) in [5, 5.41) is 0. The van der Waals surface area contributed by atoms with Gasteiger partial charge < -0.3 is 15.0 Å². The van der Waals surface area contributed by atoms with Gasteiger partial charge in [0.1, 0.15) is 11.4 Å². The Morgan fingerprint density at radius 2 is 2.05 bits per heavy atom. The van der Waals surface area contributed by atoms with Crippen molar-refractivity contribution in [1.29, 1.82) is 0 Å². The molecule has 0 amide bonds. The Bertz CT molecular complexity index is 730. The van der Waals surface area contributed by atoms with Gasteiger partial charge in [-0.25, -0.2) is 4.79 Å². The van der Waals surface area contributed by atoms with E-state index >= 15 is 0 Å². The Labute approximate surface area is 123 Å². The fraction of sp³-hybridized carbons (Fsp3) is 0.231. The van der Waals surface area contributed by atoms with Crippen molar-refractivity contribution in [1.82, 2.24) is 9.13 Å². The summed E-state index contributed by atoms with van der Waals surface area (Å²) in [4.78, 5) is 24.0. The summed E-state index contributed by atoms with van der Waals surface area (Å²) < 4.78 is 8.30. The van der Waals surface area contributed by atoms with Crippen LogP contribution in [0.5, 0.6) is 5.75 Å². The highest BCUT2D eigenvalue weighted by Crippen LogP contribution is 2.22. The van der Waals surface area contributed by atoms with Crippen LogP contribution in [0.3, 0.4) is 0 Å². The second-order valence-corrected chi connectivity index (χ2v) is 5.18. The normalized spacial score (nSPS) is 10.6. The zero-order valence-electron chi connectivity index (χ0n) is 11.1. The molecule has 7 heteroatoms. The SMILES string of the molecule is COc1ccc(Br)c(Cn2c(=O)c(N)cn(C)c2=O)c1. The van der Waals surface area contributed by atoms with E-state index in [-0.39, 0.29) is 12.2 Å². The summed E-state index contributed by atoms with van der Waals surface area (Å²) >= 11 is 3.39. The van der Waals surface area contributed by atoms with Gasteiger partial charge >= 0.3 is 5.69 Å². The molecule has 0 aliphatic carbocycles. The van der Waals surface area contributed by atoms with Crippen LogP contribution in [0.25, 0.3) is 0 Å². The molecule has 0 atom stereocenters. The molecule has 0 bridgehead atoms. The maximum atomic E-state index is 12.0. The first-order chi connectivity index (χ1) is 9.43. The lowest BCUT2D eigenvalue weighted by atomic mass is 10.2. The number of ether oxygens (including phenoxy) is 1. The van der Waals surface area contributed by atoms with Crippen LogP contribution >= 0.6 is 15.9 Å². The highest BCUT2D eigenvalue weighted by atomic mass is 79.9. The van der Waals surface area contributed by atoms with Crippen molar-refractivity contribution in [2.45, 2.75) is 6.54 Å². The molecular formula is C13H14BrN3O3. The van der Waals surface area contributed by atoms with E-state index in [0.29, 0.717) is 5.75 Å². The molecule has 0 saturated carbocycles. The van der Waals surface area contributed by atoms with E-state index in [9.17, 15) is 9.59 Å². The highest BCUT2D eigenvalue weighted by Gasteiger charge is 2.10. The first-order valence-electron chi connectivity index (χ1n) is 5.82. The Hall–Kier alpha value is -2.02. The van der Waals surface area contributed by atoms with Gasteiger partial charge in [-0.1, -0.05) is 15.9 Å². The third kappa shape index (κ3) is 2.62. The van der Waals surface area contributed by atoms with E-state index in [1.54, 1.807) is 32.4 Å². The standard InChI is InChI=1S/C13H14BrN3O3/c1-16-7-11(15)12(18)17(13(16)19)6-8-5-9(20-2)3-4-10(8)14/h3-5,7H,6,15H2,1-2H3. The van der Waals surface area contributed by atoms with Crippen LogP contribution in [0, 0.1) is 0 Å². The molecule has 6 nitrogen and oxygen atoms in total. The Balaban J connectivity index is 2.56. The van der Waals surface area contributed by atoms with Gasteiger partial charge in [0.05, 0.1) is 13.7 Å². The molecule has 0 fully saturated rings. The Morgan fingerprint density at radius 1 is 1.35 bits per heavy atom. The number of nitrogens with two attached hydrogens (primary N) is 1. The van der Waals surface area contributed by atoms with Crippen molar-refractivity contribution < 1.29 is 4.74 Å². The molecule has 0 spiro atoms. The van der Waals surface area contributed by atoms with Crippen molar-refractivity contribution in [3.8, 4) is 5.75 Å². The molecule has 2 N–H and O–H groups in total. The van der Waals surface area contributed by atoms with E-state index in [0.717, 1.165) is 14.6 Å². The maximum Gasteiger partial charge on any atom is 0.331 e. The van der Waals surface area contributed by atoms with E-state index in [1.807, 2.05) is 0 Å². The molecule has 0 saturated heterocycles. The first kappa shape index (κ1) is 14.4. The van der Waals surface area contributed by atoms with Crippen LogP contribution in [0.15, 0.2) is 38.5 Å². The number of aryl methyl sites for hydroxylation is 1. The molecule has 2 rings (SSSR count). The largest absolute Gasteiger partial charge is 0.497 e. The molecule has 2 aromatic rings. The third-order valence-corrected chi connectivity index (χ3v) is 3.71. The fourth-order valence-corrected chi connectivity index (χ4v) is 2.23. The number of anilines is 1. The number of nitrogen functional groups attached to an aromatic ring is 1. The lowest BCUT2D eigenvalue weighted by molar-refractivity contribution is 0.414. The minimum Gasteiger partial charge on any atom is -0.497 e. The third-order valence-electron chi connectivity index (χ3n) is 2.94. The average molecular weight is 340 g/mol. The summed E-state index contributed by atoms with van der Waals surface area (Å²) in [6.45, 7) is 0.119. The molecular weight excluding hydrogens is 326 g/mol. The lowest BCUT2D eigenvalue weighted by Gasteiger charge is -2.11. The fourth-order valence-electron chi connectivity index (χ4n) is 1.86. The van der Waals surface area contributed by atoms with Gasteiger partial charge in [0, 0.05) is 17.7 Å². The van der Waals surface area contributed by atoms with Crippen molar-refractivity contribution in [2.75, 3.05) is 12.8 Å². The van der Waals surface area contributed by atoms with E-state index < -0.39 is 11.2 Å². The molecule has 0 radical (unpaired) electrons. The number of aromatic nitrogens is 2. The Morgan fingerprint density at radius 3 is 2.70 bits per heavy atom. The second-order valence-electron chi connectivity index (χ2n) is 4.33. The molecule has 20 heavy (non-hydrogen) atoms. The summed E-state index contributed by atoms with van der Waals surface area (Å²) in [6, 6.07) is 5.35. The minimum atomic E-state index is -0.497. The van der Waals surface area contributed by atoms with E-state index in [1.165, 1.54) is 10.8 Å². The molecule has 1 aromatic carbocycles. The number of rotatable bonds is 3. The van der Waals surface area contributed by atoms with Gasteiger partial charge in [-0.2, -0.15) is 0 Å². The predicted octanol–water partition coefficient (Wildman–Crippen LogP) is 0.949. The van der Waals surface area contributed by atoms with Crippen LogP contribution < -0.4 is 21.7 Å². The topological polar surface area (TPSA) is 79.2 Å². The van der Waals surface area contributed by atoms with Gasteiger partial charge in [-0.3, -0.25) is 9.36 Å². The average Bonchev–Trinajstić information content (AvgIpc) is 2.43. The van der Waals surface area contributed by atoms with Crippen LogP contribution in [-0.2, 0) is 13.6 Å². The van der Waals surface area contributed by atoms with Crippen LogP contribution in [-0.4, -0.2) is 16.2 Å². The van der Waals surface area contributed by atoms with Crippen molar-refractivity contribution >= 4 is 21.6 Å². The molecule has 106 valence electrons. The van der Waals surface area contributed by atoms with Gasteiger partial charge in [-0.05, 0) is 23.8 Å². The van der Waals surface area contributed by atoms with Crippen molar-refractivity contribution in [3.63, 3.8) is 0 Å². The van der Waals surface area contributed by atoms with E-state index in [4.69, 9.17) is 10.5 Å². The van der Waals surface area contributed by atoms with Crippen LogP contribution in [0.1, 0.15) is 5.56 Å². The maximum absolute atomic E-state index is 12.0. The number of halogens is 1. The number of nitrogens with zero attached hydrogens (tertiary/aromatic N) is 2. The van der Waals surface area contributed by atoms with Gasteiger partial charge in [0.25, 0.3) is 5.56 Å². The van der Waals surface area contributed by atoms with Gasteiger partial charge in [0.15, 0.2) is 0 Å². The zero-order valence-corrected chi connectivity index (χ0v) is 12.7. The molecule has 0 aliphatic rings. The van der Waals surface area contributed by atoms with E-state index in [2.05, 4.69) is 15.9 Å². The number of hydrogen-bond acceptors (Lipinski definition) is 4. The molecule has 1 heterocycles. The Kier molecular flexibility index (Phi) is 3.99. The molecule has 0 aliphatic heterocycles. The highest BCUT2D eigenvalue weighted by molar-refractivity contribution is 9.10. The van der Waals surface area contributed by atoms with Gasteiger partial charge in [-0.15, -0.1) is 0 Å². The van der Waals surface area contributed by atoms with Crippen molar-refractivity contribution in [3.05, 3.63) is 55.3 Å². The summed E-state index contributed by atoms with van der Waals surface area (Å²) in [6.07, 6.45) is 1.32. The zero-order chi connectivity index (χ0) is 14.9. The summed E-state index contributed by atoms with van der Waals surface area (Å²) in [5.41, 5.74) is 5.49. The van der Waals surface area contributed by atoms with Crippen LogP contribution in [0.4, 0.5) is 5.69 Å². The minimum absolute atomic E-state index is 0.0334. The van der Waals surface area contributed by atoms with Crippen LogP contribution in [0.2, 0.25) is 0 Å². The number of methoxy groups -OCH3 is 1. The quantitative estimate of drug-likeness (QED) is 0.902. The smallest absolute Gasteiger partial charge is 0.331 e. The van der Waals surface area contributed by atoms with Crippen molar-refractivity contribution in [2.24, 2.45) is 7.05 Å². The van der Waals surface area contributed by atoms with Gasteiger partial charge in [0.2, 0.25) is 0 Å². The monoisotopic (exact) mass is 339 g/mol. The number of benzene rings is 1. The predicted molar refractivity (Wildman–Crippen MR) is 80.2 cm³/mol. The summed E-state index contributed by atoms with van der Waals surface area (Å²) in [5.74, 6) is 0.650. The first-order valence-corrected chi connectivity index (χ1v) is 6.61. The number of hydrogen-bond donors (Lipinski definition) is 1. The molecule has 1 aromatic heterocycles. The summed E-state index contributed by atoms with van der Waals surface area (Å²) in [7, 11) is 3.11. The second kappa shape index (κ2) is 5.54. The lowest BCUT2D eigenvalue weighted by Crippen LogP contribution is -2.40.